The Kier molecular flexibility index (Phi) is 8.43. The number of thioether (sulfide) groups is 1. The third-order valence-electron chi connectivity index (χ3n) is 5.69. The van der Waals surface area contributed by atoms with Crippen molar-refractivity contribution in [3.63, 3.8) is 0 Å². The second-order valence-corrected chi connectivity index (χ2v) is 10.6. The van der Waals surface area contributed by atoms with E-state index in [1.165, 1.54) is 0 Å². The molecule has 1 aliphatic rings. The second kappa shape index (κ2) is 11.1. The Bertz CT molecular complexity index is 917. The van der Waals surface area contributed by atoms with Crippen LogP contribution in [0.5, 0.6) is 0 Å². The van der Waals surface area contributed by atoms with Crippen LogP contribution in [0.15, 0.2) is 65.6 Å². The average Bonchev–Trinajstić information content (AvgIpc) is 2.77. The van der Waals surface area contributed by atoms with E-state index < -0.39 is 17.4 Å². The van der Waals surface area contributed by atoms with Gasteiger partial charge in [0.1, 0.15) is 12.2 Å². The van der Waals surface area contributed by atoms with E-state index in [2.05, 4.69) is 5.32 Å². The Morgan fingerprint density at radius 2 is 1.73 bits per heavy atom. The first-order chi connectivity index (χ1) is 15.6. The van der Waals surface area contributed by atoms with Crippen molar-refractivity contribution in [2.45, 2.75) is 62.8 Å². The fourth-order valence-electron chi connectivity index (χ4n) is 3.93. The molecular formula is C26H34N2O4S. The third-order valence-corrected chi connectivity index (χ3v) is 6.86. The van der Waals surface area contributed by atoms with E-state index in [1.807, 2.05) is 81.4 Å². The molecule has 6 nitrogen and oxygen atoms in total. The van der Waals surface area contributed by atoms with Gasteiger partial charge >= 0.3 is 12.1 Å². The molecule has 2 aromatic carbocycles. The second-order valence-electron chi connectivity index (χ2n) is 9.55. The van der Waals surface area contributed by atoms with Crippen LogP contribution >= 0.6 is 11.8 Å². The summed E-state index contributed by atoms with van der Waals surface area (Å²) in [6.45, 7) is 5.78. The number of rotatable bonds is 7. The maximum atomic E-state index is 12.7. The number of nitrogens with two attached hydrogens (primary N) is 1. The predicted octanol–water partition coefficient (Wildman–Crippen LogP) is 5.12. The molecule has 0 saturated heterocycles. The van der Waals surface area contributed by atoms with Gasteiger partial charge in [-0.05, 0) is 57.7 Å². The van der Waals surface area contributed by atoms with E-state index in [4.69, 9.17) is 15.2 Å². The van der Waals surface area contributed by atoms with E-state index in [0.29, 0.717) is 25.0 Å². The molecule has 0 heterocycles. The van der Waals surface area contributed by atoms with Crippen molar-refractivity contribution in [1.29, 1.82) is 0 Å². The standard InChI is InChI=1S/C26H34N2O4S/c1-25(2,3)32-23(29)20-14-15-26(27,21(16-20)18-33-22-12-8-5-9-13-22)28-24(30)31-17-19-10-6-4-7-11-19/h4-13,20-21H,14-18,27H2,1-3H3,(H,28,30). The highest BCUT2D eigenvalue weighted by molar-refractivity contribution is 7.99. The zero-order valence-electron chi connectivity index (χ0n) is 19.6. The SMILES string of the molecule is CC(C)(C)OC(=O)C1CCC(N)(NC(=O)OCc2ccccc2)C(CSc2ccccc2)C1. The number of carbonyl (C=O) groups excluding carboxylic acids is 2. The molecule has 33 heavy (non-hydrogen) atoms. The molecule has 3 rings (SSSR count). The van der Waals surface area contributed by atoms with Gasteiger partial charge in [-0.3, -0.25) is 4.79 Å². The molecule has 178 valence electrons. The van der Waals surface area contributed by atoms with Crippen molar-refractivity contribution in [3.8, 4) is 0 Å². The molecule has 3 unspecified atom stereocenters. The van der Waals surface area contributed by atoms with Crippen molar-refractivity contribution in [2.75, 3.05) is 5.75 Å². The number of ether oxygens (including phenoxy) is 2. The first-order valence-electron chi connectivity index (χ1n) is 11.3. The van der Waals surface area contributed by atoms with Gasteiger partial charge in [0, 0.05) is 16.6 Å². The van der Waals surface area contributed by atoms with Crippen LogP contribution in [0.25, 0.3) is 0 Å². The van der Waals surface area contributed by atoms with Gasteiger partial charge in [-0.25, -0.2) is 4.79 Å². The minimum absolute atomic E-state index is 0.127. The summed E-state index contributed by atoms with van der Waals surface area (Å²) in [6, 6.07) is 19.5. The fourth-order valence-corrected chi connectivity index (χ4v) is 5.11. The van der Waals surface area contributed by atoms with Crippen molar-refractivity contribution < 1.29 is 19.1 Å². The van der Waals surface area contributed by atoms with E-state index >= 15 is 0 Å². The predicted molar refractivity (Wildman–Crippen MR) is 131 cm³/mol. The van der Waals surface area contributed by atoms with Crippen molar-refractivity contribution in [1.82, 2.24) is 5.32 Å². The number of esters is 1. The Morgan fingerprint density at radius 3 is 2.36 bits per heavy atom. The van der Waals surface area contributed by atoms with E-state index in [1.54, 1.807) is 11.8 Å². The number of amides is 1. The third kappa shape index (κ3) is 7.79. The first-order valence-corrected chi connectivity index (χ1v) is 12.3. The van der Waals surface area contributed by atoms with Gasteiger partial charge < -0.3 is 20.5 Å². The molecule has 1 aliphatic carbocycles. The molecule has 0 aromatic heterocycles. The summed E-state index contributed by atoms with van der Waals surface area (Å²) in [6.07, 6.45) is 1.02. The topological polar surface area (TPSA) is 90.6 Å². The molecule has 0 bridgehead atoms. The highest BCUT2D eigenvalue weighted by atomic mass is 32.2. The summed E-state index contributed by atoms with van der Waals surface area (Å²) >= 11 is 1.67. The number of carbonyl (C=O) groups is 2. The van der Waals surface area contributed by atoms with Gasteiger partial charge in [-0.1, -0.05) is 48.5 Å². The van der Waals surface area contributed by atoms with Gasteiger partial charge in [-0.2, -0.15) is 0 Å². The van der Waals surface area contributed by atoms with Crippen LogP contribution in [0.2, 0.25) is 0 Å². The number of hydrogen-bond donors (Lipinski definition) is 2. The summed E-state index contributed by atoms with van der Waals surface area (Å²) in [5.41, 5.74) is 6.15. The summed E-state index contributed by atoms with van der Waals surface area (Å²) in [5, 5.41) is 2.91. The van der Waals surface area contributed by atoms with Crippen LogP contribution in [0.3, 0.4) is 0 Å². The Hall–Kier alpha value is -2.51. The van der Waals surface area contributed by atoms with Crippen molar-refractivity contribution >= 4 is 23.8 Å². The highest BCUT2D eigenvalue weighted by Crippen LogP contribution is 2.38. The monoisotopic (exact) mass is 470 g/mol. The van der Waals surface area contributed by atoms with Gasteiger partial charge in [0.2, 0.25) is 0 Å². The van der Waals surface area contributed by atoms with Crippen LogP contribution in [-0.4, -0.2) is 29.1 Å². The Labute approximate surface area is 200 Å². The van der Waals surface area contributed by atoms with Crippen LogP contribution in [0.4, 0.5) is 4.79 Å². The normalized spacial score (nSPS) is 22.9. The van der Waals surface area contributed by atoms with E-state index in [0.717, 1.165) is 10.5 Å². The van der Waals surface area contributed by atoms with Gasteiger partial charge in [0.05, 0.1) is 11.6 Å². The highest BCUT2D eigenvalue weighted by Gasteiger charge is 2.44. The molecule has 0 spiro atoms. The maximum absolute atomic E-state index is 12.7. The molecule has 2 aromatic rings. The largest absolute Gasteiger partial charge is 0.460 e. The lowest BCUT2D eigenvalue weighted by molar-refractivity contribution is -0.162. The van der Waals surface area contributed by atoms with Crippen LogP contribution in [-0.2, 0) is 20.9 Å². The summed E-state index contributed by atoms with van der Waals surface area (Å²) in [7, 11) is 0. The Morgan fingerprint density at radius 1 is 1.09 bits per heavy atom. The van der Waals surface area contributed by atoms with Crippen molar-refractivity contribution in [2.24, 2.45) is 17.6 Å². The maximum Gasteiger partial charge on any atom is 0.408 e. The molecule has 3 N–H and O–H groups in total. The summed E-state index contributed by atoms with van der Waals surface area (Å²) < 4.78 is 11.0. The number of hydrogen-bond acceptors (Lipinski definition) is 6. The van der Waals surface area contributed by atoms with Crippen molar-refractivity contribution in [3.05, 3.63) is 66.2 Å². The molecule has 0 aliphatic heterocycles. The number of benzene rings is 2. The van der Waals surface area contributed by atoms with Crippen LogP contribution in [0.1, 0.15) is 45.6 Å². The Balaban J connectivity index is 1.67. The molecule has 1 amide bonds. The quantitative estimate of drug-likeness (QED) is 0.332. The smallest absolute Gasteiger partial charge is 0.408 e. The molecular weight excluding hydrogens is 436 g/mol. The van der Waals surface area contributed by atoms with Gasteiger partial charge in [0.25, 0.3) is 0 Å². The average molecular weight is 471 g/mol. The minimum atomic E-state index is -0.964. The lowest BCUT2D eigenvalue weighted by atomic mass is 9.74. The zero-order chi connectivity index (χ0) is 23.9. The number of nitrogens with one attached hydrogen (secondary N) is 1. The number of alkyl carbamates (subject to hydrolysis) is 1. The molecule has 7 heteroatoms. The van der Waals surface area contributed by atoms with Gasteiger partial charge in [-0.15, -0.1) is 11.8 Å². The summed E-state index contributed by atoms with van der Waals surface area (Å²) in [4.78, 5) is 26.5. The summed E-state index contributed by atoms with van der Waals surface area (Å²) in [5.74, 6) is 0.0901. The molecule has 0 radical (unpaired) electrons. The van der Waals surface area contributed by atoms with E-state index in [-0.39, 0.29) is 24.4 Å². The van der Waals surface area contributed by atoms with Crippen LogP contribution in [0, 0.1) is 11.8 Å². The molecule has 1 fully saturated rings. The molecule has 1 saturated carbocycles. The lowest BCUT2D eigenvalue weighted by Crippen LogP contribution is -2.64. The fraction of sp³-hybridized carbons (Fsp3) is 0.462. The van der Waals surface area contributed by atoms with E-state index in [9.17, 15) is 9.59 Å². The van der Waals surface area contributed by atoms with Gasteiger partial charge in [0.15, 0.2) is 0 Å². The lowest BCUT2D eigenvalue weighted by Gasteiger charge is -2.43. The van der Waals surface area contributed by atoms with Crippen LogP contribution < -0.4 is 11.1 Å². The first kappa shape index (κ1) is 25.1. The minimum Gasteiger partial charge on any atom is -0.460 e. The zero-order valence-corrected chi connectivity index (χ0v) is 20.4. The molecule has 3 atom stereocenters.